The Morgan fingerprint density at radius 1 is 1.00 bits per heavy atom. The molecule has 0 amide bonds. The number of rotatable bonds is 5. The number of aromatic nitrogens is 2. The zero-order valence-corrected chi connectivity index (χ0v) is 18.1. The quantitative estimate of drug-likeness (QED) is 0.774. The van der Waals surface area contributed by atoms with E-state index in [4.69, 9.17) is 0 Å². The standard InChI is InChI=1S/C24H33N5/c1-19-15-25-23(26-16-19)21-5-7-22(8-6-21)29-13-11-28(12-14-29)20(2)17-27-10-9-24(3,4)18-27/h5-8,15-16H,2,9-14,17-18H2,1,3-4H3. The molecule has 2 aromatic rings. The number of benzene rings is 1. The van der Waals surface area contributed by atoms with Crippen LogP contribution in [0, 0.1) is 12.3 Å². The first-order valence-electron chi connectivity index (χ1n) is 10.7. The van der Waals surface area contributed by atoms with Crippen LogP contribution in [0.5, 0.6) is 0 Å². The van der Waals surface area contributed by atoms with E-state index in [1.165, 1.54) is 30.9 Å². The van der Waals surface area contributed by atoms with E-state index in [2.05, 4.69) is 69.4 Å². The lowest BCUT2D eigenvalue weighted by Gasteiger charge is -2.39. The van der Waals surface area contributed by atoms with Gasteiger partial charge in [0, 0.05) is 68.6 Å². The summed E-state index contributed by atoms with van der Waals surface area (Å²) >= 11 is 0. The van der Waals surface area contributed by atoms with Crippen LogP contribution in [0.15, 0.2) is 48.9 Å². The van der Waals surface area contributed by atoms with Crippen molar-refractivity contribution in [2.24, 2.45) is 5.41 Å². The molecule has 4 rings (SSSR count). The summed E-state index contributed by atoms with van der Waals surface area (Å²) in [6.45, 7) is 18.7. The minimum atomic E-state index is 0.453. The molecule has 1 aromatic carbocycles. The number of likely N-dealkylation sites (tertiary alicyclic amines) is 1. The third-order valence-corrected chi connectivity index (χ3v) is 6.16. The van der Waals surface area contributed by atoms with Gasteiger partial charge >= 0.3 is 0 Å². The first kappa shape index (κ1) is 19.9. The van der Waals surface area contributed by atoms with Gasteiger partial charge in [0.25, 0.3) is 0 Å². The minimum absolute atomic E-state index is 0.453. The van der Waals surface area contributed by atoms with E-state index < -0.39 is 0 Å². The molecule has 0 atom stereocenters. The molecule has 1 aromatic heterocycles. The van der Waals surface area contributed by atoms with E-state index in [0.29, 0.717) is 5.41 Å². The maximum Gasteiger partial charge on any atom is 0.159 e. The van der Waals surface area contributed by atoms with Gasteiger partial charge in [-0.3, -0.25) is 4.90 Å². The summed E-state index contributed by atoms with van der Waals surface area (Å²) < 4.78 is 0. The van der Waals surface area contributed by atoms with E-state index in [1.54, 1.807) is 0 Å². The Bertz CT molecular complexity index is 833. The molecule has 0 spiro atoms. The Morgan fingerprint density at radius 2 is 1.66 bits per heavy atom. The highest BCUT2D eigenvalue weighted by molar-refractivity contribution is 5.60. The van der Waals surface area contributed by atoms with Crippen molar-refractivity contribution in [2.45, 2.75) is 27.2 Å². The van der Waals surface area contributed by atoms with Crippen molar-refractivity contribution < 1.29 is 0 Å². The first-order valence-corrected chi connectivity index (χ1v) is 10.7. The lowest BCUT2D eigenvalue weighted by atomic mass is 9.93. The molecule has 5 nitrogen and oxygen atoms in total. The fourth-order valence-corrected chi connectivity index (χ4v) is 4.36. The van der Waals surface area contributed by atoms with Crippen LogP contribution in [-0.2, 0) is 0 Å². The first-order chi connectivity index (χ1) is 13.9. The Kier molecular flexibility index (Phi) is 5.59. The molecule has 2 saturated heterocycles. The maximum atomic E-state index is 4.43. The molecule has 2 fully saturated rings. The number of nitrogens with zero attached hydrogens (tertiary/aromatic N) is 5. The van der Waals surface area contributed by atoms with Gasteiger partial charge in [0.15, 0.2) is 5.82 Å². The molecule has 0 aliphatic carbocycles. The summed E-state index contributed by atoms with van der Waals surface area (Å²) in [7, 11) is 0. The van der Waals surface area contributed by atoms with Crippen LogP contribution in [0.1, 0.15) is 25.8 Å². The summed E-state index contributed by atoms with van der Waals surface area (Å²) in [5, 5.41) is 0. The van der Waals surface area contributed by atoms with Crippen LogP contribution in [0.3, 0.4) is 0 Å². The Morgan fingerprint density at radius 3 is 2.24 bits per heavy atom. The molecular weight excluding hydrogens is 358 g/mol. The van der Waals surface area contributed by atoms with Crippen LogP contribution < -0.4 is 4.90 Å². The molecule has 0 radical (unpaired) electrons. The van der Waals surface area contributed by atoms with E-state index in [9.17, 15) is 0 Å². The van der Waals surface area contributed by atoms with Gasteiger partial charge in [-0.2, -0.15) is 0 Å². The van der Waals surface area contributed by atoms with Crippen LogP contribution >= 0.6 is 0 Å². The molecule has 154 valence electrons. The SMILES string of the molecule is C=C(CN1CCC(C)(C)C1)N1CCN(c2ccc(-c3ncc(C)cn3)cc2)CC1. The van der Waals surface area contributed by atoms with E-state index in [0.717, 1.165) is 49.7 Å². The van der Waals surface area contributed by atoms with Crippen LogP contribution in [-0.4, -0.2) is 65.6 Å². The highest BCUT2D eigenvalue weighted by Gasteiger charge is 2.30. The smallest absolute Gasteiger partial charge is 0.159 e. The molecule has 2 aliphatic heterocycles. The molecule has 2 aliphatic rings. The fraction of sp³-hybridized carbons (Fsp3) is 0.500. The van der Waals surface area contributed by atoms with Gasteiger partial charge in [0.2, 0.25) is 0 Å². The minimum Gasteiger partial charge on any atom is -0.371 e. The van der Waals surface area contributed by atoms with Crippen LogP contribution in [0.25, 0.3) is 11.4 Å². The Balaban J connectivity index is 1.30. The average Bonchev–Trinajstić information content (AvgIpc) is 3.07. The summed E-state index contributed by atoms with van der Waals surface area (Å²) in [5.74, 6) is 0.786. The van der Waals surface area contributed by atoms with Crippen molar-refractivity contribution in [3.8, 4) is 11.4 Å². The Labute approximate surface area is 175 Å². The summed E-state index contributed by atoms with van der Waals surface area (Å²) in [4.78, 5) is 16.3. The number of piperazine rings is 1. The fourth-order valence-electron chi connectivity index (χ4n) is 4.36. The van der Waals surface area contributed by atoms with E-state index in [1.807, 2.05) is 19.3 Å². The lowest BCUT2D eigenvalue weighted by molar-refractivity contribution is 0.255. The van der Waals surface area contributed by atoms with Crippen LogP contribution in [0.2, 0.25) is 0 Å². The molecule has 3 heterocycles. The van der Waals surface area contributed by atoms with Gasteiger partial charge in [0.05, 0.1) is 0 Å². The topological polar surface area (TPSA) is 35.5 Å². The number of anilines is 1. The van der Waals surface area contributed by atoms with Crippen molar-refractivity contribution >= 4 is 5.69 Å². The summed E-state index contributed by atoms with van der Waals surface area (Å²) in [5.41, 5.74) is 5.14. The molecule has 5 heteroatoms. The van der Waals surface area contributed by atoms with Crippen molar-refractivity contribution in [1.29, 1.82) is 0 Å². The normalized spacial score (nSPS) is 19.6. The summed E-state index contributed by atoms with van der Waals surface area (Å²) in [6, 6.07) is 8.63. The van der Waals surface area contributed by atoms with Crippen molar-refractivity contribution in [1.82, 2.24) is 19.8 Å². The monoisotopic (exact) mass is 391 g/mol. The van der Waals surface area contributed by atoms with Gasteiger partial charge in [-0.05, 0) is 55.1 Å². The van der Waals surface area contributed by atoms with Crippen molar-refractivity contribution in [3.63, 3.8) is 0 Å². The predicted octanol–water partition coefficient (Wildman–Crippen LogP) is 3.82. The van der Waals surface area contributed by atoms with Gasteiger partial charge in [-0.25, -0.2) is 9.97 Å². The second kappa shape index (κ2) is 8.15. The van der Waals surface area contributed by atoms with Crippen molar-refractivity contribution in [2.75, 3.05) is 50.7 Å². The maximum absolute atomic E-state index is 4.43. The van der Waals surface area contributed by atoms with Gasteiger partial charge < -0.3 is 9.80 Å². The van der Waals surface area contributed by atoms with Gasteiger partial charge in [0.1, 0.15) is 0 Å². The molecule has 0 N–H and O–H groups in total. The molecule has 0 saturated carbocycles. The number of aryl methyl sites for hydroxylation is 1. The third-order valence-electron chi connectivity index (χ3n) is 6.16. The second-order valence-corrected chi connectivity index (χ2v) is 9.30. The van der Waals surface area contributed by atoms with Gasteiger partial charge in [-0.15, -0.1) is 0 Å². The third kappa shape index (κ3) is 4.78. The number of hydrogen-bond acceptors (Lipinski definition) is 5. The largest absolute Gasteiger partial charge is 0.371 e. The zero-order valence-electron chi connectivity index (χ0n) is 18.1. The Hall–Kier alpha value is -2.40. The summed E-state index contributed by atoms with van der Waals surface area (Å²) in [6.07, 6.45) is 5.02. The highest BCUT2D eigenvalue weighted by atomic mass is 15.3. The molecular formula is C24H33N5. The predicted molar refractivity (Wildman–Crippen MR) is 120 cm³/mol. The zero-order chi connectivity index (χ0) is 20.4. The number of hydrogen-bond donors (Lipinski definition) is 0. The van der Waals surface area contributed by atoms with Gasteiger partial charge in [-0.1, -0.05) is 20.4 Å². The molecule has 29 heavy (non-hydrogen) atoms. The van der Waals surface area contributed by atoms with Crippen molar-refractivity contribution in [3.05, 3.63) is 54.5 Å². The lowest BCUT2D eigenvalue weighted by Crippen LogP contribution is -2.47. The second-order valence-electron chi connectivity index (χ2n) is 9.30. The highest BCUT2D eigenvalue weighted by Crippen LogP contribution is 2.29. The molecule has 0 bridgehead atoms. The molecule has 0 unspecified atom stereocenters. The average molecular weight is 392 g/mol. The van der Waals surface area contributed by atoms with Crippen LogP contribution in [0.4, 0.5) is 5.69 Å². The van der Waals surface area contributed by atoms with E-state index in [-0.39, 0.29) is 0 Å². The van der Waals surface area contributed by atoms with E-state index >= 15 is 0 Å².